The minimum atomic E-state index is -0.0143. The van der Waals surface area contributed by atoms with E-state index in [-0.39, 0.29) is 18.8 Å². The molecule has 5 nitrogen and oxygen atoms in total. The van der Waals surface area contributed by atoms with Crippen LogP contribution in [-0.2, 0) is 29.0 Å². The van der Waals surface area contributed by atoms with E-state index in [9.17, 15) is 5.11 Å². The van der Waals surface area contributed by atoms with Gasteiger partial charge in [-0.05, 0) is 98.2 Å². The predicted octanol–water partition coefficient (Wildman–Crippen LogP) is 6.64. The lowest BCUT2D eigenvalue weighted by atomic mass is 9.90. The molecule has 3 aliphatic heterocycles. The Morgan fingerprint density at radius 2 is 2.03 bits per heavy atom. The first-order valence-corrected chi connectivity index (χ1v) is 14.5. The lowest BCUT2D eigenvalue weighted by Crippen LogP contribution is -2.40. The molecule has 0 bridgehead atoms. The van der Waals surface area contributed by atoms with Crippen molar-refractivity contribution >= 4 is 5.69 Å². The van der Waals surface area contributed by atoms with E-state index in [1.165, 1.54) is 41.6 Å². The molecule has 1 aliphatic carbocycles. The Bertz CT molecular complexity index is 1160. The zero-order valence-corrected chi connectivity index (χ0v) is 22.6. The van der Waals surface area contributed by atoms with Gasteiger partial charge in [0.05, 0.1) is 25.6 Å². The summed E-state index contributed by atoms with van der Waals surface area (Å²) in [6, 6.07) is 13.9. The van der Waals surface area contributed by atoms with E-state index < -0.39 is 0 Å². The highest BCUT2D eigenvalue weighted by molar-refractivity contribution is 5.59. The number of aliphatic hydroxyl groups excluding tert-OH is 1. The second-order valence-electron chi connectivity index (χ2n) is 11.4. The summed E-state index contributed by atoms with van der Waals surface area (Å²) < 4.78 is 17.9. The van der Waals surface area contributed by atoms with E-state index in [4.69, 9.17) is 14.2 Å². The number of aryl methyl sites for hydroxylation is 1. The Morgan fingerprint density at radius 1 is 1.11 bits per heavy atom. The van der Waals surface area contributed by atoms with Crippen LogP contribution in [0, 0.1) is 11.8 Å². The molecule has 3 heterocycles. The van der Waals surface area contributed by atoms with Crippen LogP contribution >= 0.6 is 0 Å². The third-order valence-corrected chi connectivity index (χ3v) is 8.70. The standard InChI is InChI=1S/C33H41NO4/c1-2-4-29-18-24(14-16-36-29)22-38-33-13-6-23(17-28(33)21-35)20-34-30(25-7-8-25)11-9-26-19-27(10-12-31(26)34)32-5-3-15-37-32/h2-4,6,10,12-13,15,17,19,24-25,29-30,32,35H,5,7-9,11,14,16,18,20-22H2,1H3/b4-2-. The highest BCUT2D eigenvalue weighted by Crippen LogP contribution is 2.44. The molecule has 5 heteroatoms. The number of hydrogen-bond acceptors (Lipinski definition) is 5. The first kappa shape index (κ1) is 25.5. The third-order valence-electron chi connectivity index (χ3n) is 8.70. The van der Waals surface area contributed by atoms with Crippen molar-refractivity contribution in [1.82, 2.24) is 0 Å². The molecule has 0 amide bonds. The van der Waals surface area contributed by atoms with Crippen LogP contribution in [0.1, 0.15) is 73.8 Å². The average molecular weight is 516 g/mol. The molecule has 1 saturated heterocycles. The molecule has 0 spiro atoms. The fourth-order valence-electron chi connectivity index (χ4n) is 6.50. The Kier molecular flexibility index (Phi) is 7.75. The molecular formula is C33H41NO4. The maximum absolute atomic E-state index is 10.2. The van der Waals surface area contributed by atoms with Crippen LogP contribution in [0.4, 0.5) is 5.69 Å². The van der Waals surface area contributed by atoms with Gasteiger partial charge in [0.15, 0.2) is 0 Å². The largest absolute Gasteiger partial charge is 0.493 e. The van der Waals surface area contributed by atoms with Crippen molar-refractivity contribution in [3.63, 3.8) is 0 Å². The Morgan fingerprint density at radius 3 is 2.82 bits per heavy atom. The number of nitrogens with zero attached hydrogens (tertiary/aromatic N) is 1. The number of hydrogen-bond donors (Lipinski definition) is 1. The van der Waals surface area contributed by atoms with Crippen LogP contribution in [0.5, 0.6) is 5.75 Å². The average Bonchev–Trinajstić information content (AvgIpc) is 3.64. The molecular weight excluding hydrogens is 474 g/mol. The van der Waals surface area contributed by atoms with E-state index in [0.29, 0.717) is 18.6 Å². The number of ether oxygens (including phenoxy) is 3. The molecule has 0 radical (unpaired) electrons. The zero-order chi connectivity index (χ0) is 25.9. The lowest BCUT2D eigenvalue weighted by molar-refractivity contribution is 0.00735. The van der Waals surface area contributed by atoms with Gasteiger partial charge in [0.2, 0.25) is 0 Å². The third kappa shape index (κ3) is 5.64. The topological polar surface area (TPSA) is 51.2 Å². The summed E-state index contributed by atoms with van der Waals surface area (Å²) in [4.78, 5) is 2.63. The van der Waals surface area contributed by atoms with Crippen molar-refractivity contribution in [3.8, 4) is 5.75 Å². The molecule has 6 rings (SSSR count). The number of benzene rings is 2. The number of aliphatic hydroxyl groups is 1. The van der Waals surface area contributed by atoms with Gasteiger partial charge >= 0.3 is 0 Å². The predicted molar refractivity (Wildman–Crippen MR) is 150 cm³/mol. The summed E-state index contributed by atoms with van der Waals surface area (Å²) in [5.41, 5.74) is 6.19. The summed E-state index contributed by atoms with van der Waals surface area (Å²) in [5.74, 6) is 2.07. The van der Waals surface area contributed by atoms with E-state index in [0.717, 1.165) is 56.1 Å². The van der Waals surface area contributed by atoms with Gasteiger partial charge in [-0.3, -0.25) is 0 Å². The van der Waals surface area contributed by atoms with Crippen LogP contribution in [-0.4, -0.2) is 30.5 Å². The summed E-state index contributed by atoms with van der Waals surface area (Å²) in [6.45, 7) is 4.32. The van der Waals surface area contributed by atoms with Crippen molar-refractivity contribution in [1.29, 1.82) is 0 Å². The van der Waals surface area contributed by atoms with E-state index >= 15 is 0 Å². The van der Waals surface area contributed by atoms with Gasteiger partial charge in [-0.2, -0.15) is 0 Å². The van der Waals surface area contributed by atoms with Crippen LogP contribution in [0.25, 0.3) is 0 Å². The zero-order valence-electron chi connectivity index (χ0n) is 22.6. The van der Waals surface area contributed by atoms with Gasteiger partial charge in [0, 0.05) is 36.9 Å². The van der Waals surface area contributed by atoms with Gasteiger partial charge in [0.25, 0.3) is 0 Å². The van der Waals surface area contributed by atoms with Gasteiger partial charge < -0.3 is 24.2 Å². The van der Waals surface area contributed by atoms with E-state index in [1.54, 1.807) is 0 Å². The van der Waals surface area contributed by atoms with Gasteiger partial charge in [-0.1, -0.05) is 30.4 Å². The van der Waals surface area contributed by atoms with Crippen LogP contribution in [0.3, 0.4) is 0 Å². The van der Waals surface area contributed by atoms with Crippen molar-refractivity contribution in [2.45, 2.75) is 83.3 Å². The van der Waals surface area contributed by atoms with Crippen molar-refractivity contribution in [2.24, 2.45) is 11.8 Å². The fourth-order valence-corrected chi connectivity index (χ4v) is 6.50. The maximum atomic E-state index is 10.2. The molecule has 2 aromatic rings. The molecule has 2 aromatic carbocycles. The number of allylic oxidation sites excluding steroid dienone is 1. The normalized spacial score (nSPS) is 26.9. The second kappa shape index (κ2) is 11.5. The number of rotatable bonds is 9. The summed E-state index contributed by atoms with van der Waals surface area (Å²) in [6.07, 6.45) is 16.5. The Hall–Kier alpha value is -2.76. The quantitative estimate of drug-likeness (QED) is 0.380. The van der Waals surface area contributed by atoms with Gasteiger partial charge in [-0.15, -0.1) is 0 Å². The minimum Gasteiger partial charge on any atom is -0.493 e. The molecule has 4 atom stereocenters. The molecule has 0 aromatic heterocycles. The van der Waals surface area contributed by atoms with Crippen molar-refractivity contribution in [3.05, 3.63) is 83.1 Å². The number of fused-ring (bicyclic) bond motifs is 1. The first-order valence-electron chi connectivity index (χ1n) is 14.5. The highest BCUT2D eigenvalue weighted by atomic mass is 16.5. The summed E-state index contributed by atoms with van der Waals surface area (Å²) >= 11 is 0. The first-order chi connectivity index (χ1) is 18.7. The van der Waals surface area contributed by atoms with Gasteiger partial charge in [0.1, 0.15) is 11.9 Å². The lowest BCUT2D eigenvalue weighted by Gasteiger charge is -2.40. The van der Waals surface area contributed by atoms with Crippen molar-refractivity contribution < 1.29 is 19.3 Å². The SMILES string of the molecule is C/C=C\C1CC(COc2ccc(CN3c4ccc(C5CC=CO5)cc4CCC3C3CC3)cc2CO)CCO1. The maximum Gasteiger partial charge on any atom is 0.126 e. The minimum absolute atomic E-state index is 0.0143. The number of anilines is 1. The Labute approximate surface area is 227 Å². The fraction of sp³-hybridized carbons (Fsp3) is 0.515. The molecule has 1 saturated carbocycles. The molecule has 38 heavy (non-hydrogen) atoms. The Balaban J connectivity index is 1.17. The van der Waals surface area contributed by atoms with Crippen LogP contribution in [0.2, 0.25) is 0 Å². The second-order valence-corrected chi connectivity index (χ2v) is 11.4. The molecule has 2 fully saturated rings. The molecule has 4 aliphatic rings. The van der Waals surface area contributed by atoms with Crippen molar-refractivity contribution in [2.75, 3.05) is 18.1 Å². The van der Waals surface area contributed by atoms with Gasteiger partial charge in [-0.25, -0.2) is 0 Å². The van der Waals surface area contributed by atoms with Crippen LogP contribution in [0.15, 0.2) is 60.9 Å². The van der Waals surface area contributed by atoms with E-state index in [2.05, 4.69) is 59.5 Å². The molecule has 202 valence electrons. The highest BCUT2D eigenvalue weighted by Gasteiger charge is 2.38. The van der Waals surface area contributed by atoms with E-state index in [1.807, 2.05) is 13.2 Å². The summed E-state index contributed by atoms with van der Waals surface area (Å²) in [5, 5.41) is 10.2. The van der Waals surface area contributed by atoms with Crippen LogP contribution < -0.4 is 9.64 Å². The monoisotopic (exact) mass is 515 g/mol. The summed E-state index contributed by atoms with van der Waals surface area (Å²) in [7, 11) is 0. The molecule has 1 N–H and O–H groups in total. The molecule has 4 unspecified atom stereocenters. The smallest absolute Gasteiger partial charge is 0.126 e.